The smallest absolute Gasteiger partial charge is 0.416 e. The average Bonchev–Trinajstić information content (AvgIpc) is 2.92. The molecule has 1 aliphatic rings. The van der Waals surface area contributed by atoms with Gasteiger partial charge in [-0.1, -0.05) is 26.0 Å². The zero-order valence-corrected chi connectivity index (χ0v) is 22.1. The molecule has 4 rings (SSSR count). The molecule has 0 aromatic heterocycles. The monoisotopic (exact) mass is 587 g/mol. The molecule has 1 aliphatic heterocycles. The summed E-state index contributed by atoms with van der Waals surface area (Å²) < 4.78 is 102. The Hall–Kier alpha value is -3.71. The van der Waals surface area contributed by atoms with Gasteiger partial charge in [-0.25, -0.2) is 22.0 Å². The van der Waals surface area contributed by atoms with Crippen molar-refractivity contribution >= 4 is 21.7 Å². The lowest BCUT2D eigenvalue weighted by atomic mass is 10.0. The predicted molar refractivity (Wildman–Crippen MR) is 136 cm³/mol. The van der Waals surface area contributed by atoms with E-state index in [4.69, 9.17) is 9.84 Å². The Morgan fingerprint density at radius 1 is 1.07 bits per heavy atom. The zero-order valence-electron chi connectivity index (χ0n) is 21.3. The summed E-state index contributed by atoms with van der Waals surface area (Å²) in [5.41, 5.74) is -1.44. The molecule has 0 fully saturated rings. The van der Waals surface area contributed by atoms with Gasteiger partial charge in [-0.05, 0) is 66.9 Å². The third kappa shape index (κ3) is 6.70. The SMILES string of the molecule is CC.O=C(O)C(O)CC[C@H]1CN(S(=O)(=O)c2cccc(C(F)(F)F)c2)c2cc(-c3cc(F)ccc3F)ccc2O1. The van der Waals surface area contributed by atoms with Crippen molar-refractivity contribution in [2.45, 2.75) is 50.0 Å². The van der Waals surface area contributed by atoms with Gasteiger partial charge in [0.15, 0.2) is 6.10 Å². The van der Waals surface area contributed by atoms with Crippen LogP contribution in [0.25, 0.3) is 11.1 Å². The Balaban J connectivity index is 0.00000216. The van der Waals surface area contributed by atoms with Crippen molar-refractivity contribution in [2.24, 2.45) is 0 Å². The number of halogens is 5. The van der Waals surface area contributed by atoms with Crippen molar-refractivity contribution in [3.63, 3.8) is 0 Å². The van der Waals surface area contributed by atoms with Gasteiger partial charge in [0, 0.05) is 5.56 Å². The van der Waals surface area contributed by atoms with Crippen LogP contribution in [0.5, 0.6) is 5.75 Å². The molecule has 2 atom stereocenters. The van der Waals surface area contributed by atoms with E-state index in [2.05, 4.69) is 0 Å². The number of aliphatic hydroxyl groups is 1. The molecule has 0 saturated carbocycles. The highest BCUT2D eigenvalue weighted by atomic mass is 32.2. The number of hydrogen-bond donors (Lipinski definition) is 2. The third-order valence-electron chi connectivity index (χ3n) is 5.93. The summed E-state index contributed by atoms with van der Waals surface area (Å²) in [6.45, 7) is 3.55. The first-order chi connectivity index (χ1) is 18.8. The summed E-state index contributed by atoms with van der Waals surface area (Å²) in [5.74, 6) is -3.07. The number of anilines is 1. The molecule has 7 nitrogen and oxygen atoms in total. The van der Waals surface area contributed by atoms with Gasteiger partial charge in [-0.3, -0.25) is 4.31 Å². The fourth-order valence-corrected chi connectivity index (χ4v) is 5.55. The molecular formula is C27H26F5NO6S. The molecule has 2 N–H and O–H groups in total. The molecule has 1 heterocycles. The van der Waals surface area contributed by atoms with Crippen LogP contribution in [-0.4, -0.2) is 43.4 Å². The number of aliphatic hydroxyl groups excluding tert-OH is 1. The second-order valence-corrected chi connectivity index (χ2v) is 10.4. The van der Waals surface area contributed by atoms with Crippen LogP contribution in [0.3, 0.4) is 0 Å². The molecule has 0 aliphatic carbocycles. The van der Waals surface area contributed by atoms with E-state index >= 15 is 0 Å². The van der Waals surface area contributed by atoms with E-state index in [1.165, 1.54) is 18.2 Å². The average molecular weight is 588 g/mol. The number of rotatable bonds is 7. The lowest BCUT2D eigenvalue weighted by Gasteiger charge is -2.36. The van der Waals surface area contributed by atoms with E-state index in [1.807, 2.05) is 13.8 Å². The first kappa shape index (κ1) is 30.8. The Morgan fingerprint density at radius 3 is 2.42 bits per heavy atom. The van der Waals surface area contributed by atoms with E-state index in [0.717, 1.165) is 34.6 Å². The Morgan fingerprint density at radius 2 is 1.77 bits per heavy atom. The number of benzene rings is 3. The van der Waals surface area contributed by atoms with Crippen LogP contribution in [0, 0.1) is 11.6 Å². The fraction of sp³-hybridized carbons (Fsp3) is 0.296. The van der Waals surface area contributed by atoms with E-state index in [1.54, 1.807) is 0 Å². The van der Waals surface area contributed by atoms with Gasteiger partial charge in [-0.15, -0.1) is 0 Å². The van der Waals surface area contributed by atoms with Gasteiger partial charge in [-0.2, -0.15) is 13.2 Å². The number of fused-ring (bicyclic) bond motifs is 1. The van der Waals surface area contributed by atoms with Gasteiger partial charge in [0.05, 0.1) is 22.7 Å². The van der Waals surface area contributed by atoms with Crippen LogP contribution in [0.2, 0.25) is 0 Å². The normalized spacial score (nSPS) is 15.8. The topological polar surface area (TPSA) is 104 Å². The molecular weight excluding hydrogens is 561 g/mol. The van der Waals surface area contributed by atoms with Crippen LogP contribution in [0.1, 0.15) is 32.3 Å². The maximum Gasteiger partial charge on any atom is 0.416 e. The number of alkyl halides is 3. The van der Waals surface area contributed by atoms with Gasteiger partial charge >= 0.3 is 12.1 Å². The highest BCUT2D eigenvalue weighted by molar-refractivity contribution is 7.92. The summed E-state index contributed by atoms with van der Waals surface area (Å²) >= 11 is 0. The van der Waals surface area contributed by atoms with E-state index in [9.17, 15) is 40.3 Å². The largest absolute Gasteiger partial charge is 0.486 e. The molecule has 13 heteroatoms. The maximum absolute atomic E-state index is 14.4. The number of nitrogens with zero attached hydrogens (tertiary/aromatic N) is 1. The highest BCUT2D eigenvalue weighted by Gasteiger charge is 2.37. The Labute approximate surface area is 227 Å². The van der Waals surface area contributed by atoms with Gasteiger partial charge in [0.1, 0.15) is 23.5 Å². The number of carbonyl (C=O) groups is 1. The molecule has 0 bridgehead atoms. The van der Waals surface area contributed by atoms with Crippen LogP contribution >= 0.6 is 0 Å². The van der Waals surface area contributed by atoms with Gasteiger partial charge in [0.2, 0.25) is 0 Å². The molecule has 1 unspecified atom stereocenters. The minimum absolute atomic E-state index is 0.0397. The lowest BCUT2D eigenvalue weighted by molar-refractivity contribution is -0.147. The van der Waals surface area contributed by atoms with Crippen LogP contribution in [0.4, 0.5) is 27.6 Å². The molecule has 0 radical (unpaired) electrons. The quantitative estimate of drug-likeness (QED) is 0.336. The minimum Gasteiger partial charge on any atom is -0.486 e. The number of carboxylic acid groups (broad SMARTS) is 1. The minimum atomic E-state index is -4.81. The Kier molecular flexibility index (Phi) is 9.41. The second kappa shape index (κ2) is 12.2. The molecule has 40 heavy (non-hydrogen) atoms. The number of sulfonamides is 1. The summed E-state index contributed by atoms with van der Waals surface area (Å²) in [6.07, 6.45) is -7.94. The summed E-state index contributed by atoms with van der Waals surface area (Å²) in [4.78, 5) is 10.3. The lowest BCUT2D eigenvalue weighted by Crippen LogP contribution is -2.44. The number of ether oxygens (including phenoxy) is 1. The maximum atomic E-state index is 14.4. The summed E-state index contributed by atoms with van der Waals surface area (Å²) in [6, 6.07) is 9.67. The summed E-state index contributed by atoms with van der Waals surface area (Å²) in [7, 11) is -4.66. The molecule has 3 aromatic rings. The van der Waals surface area contributed by atoms with E-state index in [-0.39, 0.29) is 35.4 Å². The first-order valence-electron chi connectivity index (χ1n) is 12.1. The molecule has 0 saturated heterocycles. The van der Waals surface area contributed by atoms with Crippen molar-refractivity contribution in [3.8, 4) is 16.9 Å². The van der Waals surface area contributed by atoms with Crippen molar-refractivity contribution in [1.29, 1.82) is 0 Å². The standard InChI is InChI=1S/C25H20F5NO6S.C2H6/c26-16-5-7-20(27)19(12-16)14-4-9-23-21(10-14)31(13-17(37-23)6-8-22(32)24(33)34)38(35,36)18-3-1-2-15(11-18)25(28,29)30;1-2/h1-5,7,9-12,17,22,32H,6,8,13H2,(H,33,34);1-2H3/t17-,22?;/m0./s1. The van der Waals surface area contributed by atoms with Crippen molar-refractivity contribution in [2.75, 3.05) is 10.8 Å². The highest BCUT2D eigenvalue weighted by Crippen LogP contribution is 2.41. The molecule has 3 aromatic carbocycles. The number of aliphatic carboxylic acids is 1. The summed E-state index contributed by atoms with van der Waals surface area (Å²) in [5, 5.41) is 18.5. The number of carboxylic acids is 1. The van der Waals surface area contributed by atoms with Crippen LogP contribution in [0.15, 0.2) is 65.6 Å². The Bertz CT molecular complexity index is 1480. The fourth-order valence-electron chi connectivity index (χ4n) is 4.00. The molecule has 0 spiro atoms. The van der Waals surface area contributed by atoms with Crippen molar-refractivity contribution < 1.29 is 50.1 Å². The molecule has 0 amide bonds. The van der Waals surface area contributed by atoms with Gasteiger partial charge < -0.3 is 14.9 Å². The van der Waals surface area contributed by atoms with Crippen molar-refractivity contribution in [1.82, 2.24) is 0 Å². The first-order valence-corrected chi connectivity index (χ1v) is 13.6. The number of hydrogen-bond acceptors (Lipinski definition) is 5. The van der Waals surface area contributed by atoms with Crippen LogP contribution < -0.4 is 9.04 Å². The van der Waals surface area contributed by atoms with E-state index in [0.29, 0.717) is 12.1 Å². The zero-order chi connectivity index (χ0) is 29.8. The second-order valence-electron chi connectivity index (χ2n) is 8.54. The van der Waals surface area contributed by atoms with Crippen molar-refractivity contribution in [3.05, 3.63) is 77.9 Å². The molecule has 216 valence electrons. The predicted octanol–water partition coefficient (Wildman–Crippen LogP) is 5.86. The van der Waals surface area contributed by atoms with Crippen LogP contribution in [-0.2, 0) is 21.0 Å². The van der Waals surface area contributed by atoms with E-state index < -0.39 is 63.0 Å². The van der Waals surface area contributed by atoms with Gasteiger partial charge in [0.25, 0.3) is 10.0 Å². The third-order valence-corrected chi connectivity index (χ3v) is 7.70.